The number of fused-ring (bicyclic) bond motifs is 2. The minimum atomic E-state index is 0.145. The van der Waals surface area contributed by atoms with Crippen LogP contribution in [0.15, 0.2) is 58.3 Å². The molecule has 4 rings (SSSR count). The van der Waals surface area contributed by atoms with E-state index in [1.165, 1.54) is 34.0 Å². The van der Waals surface area contributed by atoms with Crippen LogP contribution >= 0.6 is 11.8 Å². The molecule has 1 atom stereocenters. The van der Waals surface area contributed by atoms with Gasteiger partial charge in [0, 0.05) is 29.3 Å². The van der Waals surface area contributed by atoms with Crippen molar-refractivity contribution in [3.63, 3.8) is 0 Å². The quantitative estimate of drug-likeness (QED) is 0.788. The Morgan fingerprint density at radius 2 is 1.81 bits per heavy atom. The van der Waals surface area contributed by atoms with E-state index < -0.39 is 0 Å². The molecule has 0 spiro atoms. The molecule has 142 valence electrons. The normalized spacial score (nSPS) is 18.5. The lowest BCUT2D eigenvalue weighted by Gasteiger charge is -2.32. The molecule has 0 aliphatic carbocycles. The molecule has 5 heteroatoms. The minimum absolute atomic E-state index is 0.145. The minimum Gasteiger partial charge on any atom is -0.356 e. The van der Waals surface area contributed by atoms with Crippen molar-refractivity contribution in [3.05, 3.63) is 48.5 Å². The van der Waals surface area contributed by atoms with Gasteiger partial charge in [-0.1, -0.05) is 36.0 Å². The zero-order valence-corrected chi connectivity index (χ0v) is 16.4. The molecule has 2 aromatic carbocycles. The Hall–Kier alpha value is -1.98. The Balaban J connectivity index is 1.34. The standard InChI is InChI=1S/C22H27N3OS/c26-22(24-14-11-17-6-5-13-23-16-17)12-15-25-18-7-1-3-9-20(18)27-21-10-4-2-8-19(21)25/h1-4,7-10,17,23H,5-6,11-16H2,(H,24,26). The first kappa shape index (κ1) is 18.4. The molecule has 0 saturated carbocycles. The predicted octanol–water partition coefficient (Wildman–Crippen LogP) is 4.19. The molecule has 2 N–H and O–H groups in total. The smallest absolute Gasteiger partial charge is 0.221 e. The van der Waals surface area contributed by atoms with Gasteiger partial charge < -0.3 is 15.5 Å². The fourth-order valence-electron chi connectivity index (χ4n) is 3.91. The Morgan fingerprint density at radius 3 is 2.48 bits per heavy atom. The molecule has 1 unspecified atom stereocenters. The summed E-state index contributed by atoms with van der Waals surface area (Å²) in [4.78, 5) is 17.2. The van der Waals surface area contributed by atoms with E-state index in [2.05, 4.69) is 64.1 Å². The first-order valence-electron chi connectivity index (χ1n) is 9.92. The van der Waals surface area contributed by atoms with Gasteiger partial charge in [-0.15, -0.1) is 0 Å². The molecule has 2 aromatic rings. The summed E-state index contributed by atoms with van der Waals surface area (Å²) in [5, 5.41) is 6.56. The fraction of sp³-hybridized carbons (Fsp3) is 0.409. The van der Waals surface area contributed by atoms with E-state index in [1.54, 1.807) is 11.8 Å². The summed E-state index contributed by atoms with van der Waals surface area (Å²) in [6.45, 7) is 3.72. The molecule has 2 aliphatic heterocycles. The molecule has 1 amide bonds. The van der Waals surface area contributed by atoms with Crippen LogP contribution in [0.2, 0.25) is 0 Å². The SMILES string of the molecule is O=C(CCN1c2ccccc2Sc2ccccc21)NCCC1CCCNC1. The van der Waals surface area contributed by atoms with Gasteiger partial charge in [0.1, 0.15) is 0 Å². The second-order valence-electron chi connectivity index (χ2n) is 7.29. The molecule has 27 heavy (non-hydrogen) atoms. The predicted molar refractivity (Wildman–Crippen MR) is 112 cm³/mol. The second kappa shape index (κ2) is 8.81. The average molecular weight is 382 g/mol. The Kier molecular flexibility index (Phi) is 6.00. The van der Waals surface area contributed by atoms with Gasteiger partial charge in [-0.2, -0.15) is 0 Å². The van der Waals surface area contributed by atoms with Crippen LogP contribution in [0.3, 0.4) is 0 Å². The van der Waals surface area contributed by atoms with E-state index >= 15 is 0 Å². The first-order chi connectivity index (χ1) is 13.3. The summed E-state index contributed by atoms with van der Waals surface area (Å²) in [7, 11) is 0. The van der Waals surface area contributed by atoms with Crippen molar-refractivity contribution in [3.8, 4) is 0 Å². The van der Waals surface area contributed by atoms with Crippen molar-refractivity contribution in [2.75, 3.05) is 31.1 Å². The van der Waals surface area contributed by atoms with E-state index in [0.717, 1.165) is 26.1 Å². The summed E-state index contributed by atoms with van der Waals surface area (Å²) >= 11 is 1.80. The molecule has 2 heterocycles. The number of carbonyl (C=O) groups excluding carboxylic acids is 1. The number of anilines is 2. The van der Waals surface area contributed by atoms with Crippen LogP contribution in [0.4, 0.5) is 11.4 Å². The second-order valence-corrected chi connectivity index (χ2v) is 8.37. The highest BCUT2D eigenvalue weighted by atomic mass is 32.2. The van der Waals surface area contributed by atoms with Gasteiger partial charge >= 0.3 is 0 Å². The van der Waals surface area contributed by atoms with Gasteiger partial charge in [0.15, 0.2) is 0 Å². The maximum atomic E-state index is 12.4. The van der Waals surface area contributed by atoms with Crippen LogP contribution in [0.5, 0.6) is 0 Å². The third-order valence-electron chi connectivity index (χ3n) is 5.37. The summed E-state index contributed by atoms with van der Waals surface area (Å²) in [5.41, 5.74) is 2.39. The maximum Gasteiger partial charge on any atom is 0.221 e. The third-order valence-corrected chi connectivity index (χ3v) is 6.50. The van der Waals surface area contributed by atoms with Gasteiger partial charge in [0.2, 0.25) is 5.91 Å². The lowest BCUT2D eigenvalue weighted by Crippen LogP contribution is -2.34. The number of hydrogen-bond acceptors (Lipinski definition) is 4. The number of rotatable bonds is 6. The lowest BCUT2D eigenvalue weighted by atomic mass is 9.96. The highest BCUT2D eigenvalue weighted by Crippen LogP contribution is 2.47. The highest BCUT2D eigenvalue weighted by molar-refractivity contribution is 7.99. The van der Waals surface area contributed by atoms with E-state index in [9.17, 15) is 4.79 Å². The number of amides is 1. The van der Waals surface area contributed by atoms with Gasteiger partial charge in [-0.25, -0.2) is 0 Å². The molecule has 4 nitrogen and oxygen atoms in total. The Bertz CT molecular complexity index is 743. The summed E-state index contributed by atoms with van der Waals surface area (Å²) < 4.78 is 0. The van der Waals surface area contributed by atoms with Crippen LogP contribution < -0.4 is 15.5 Å². The molecule has 0 bridgehead atoms. The van der Waals surface area contributed by atoms with Crippen LogP contribution in [0.1, 0.15) is 25.7 Å². The topological polar surface area (TPSA) is 44.4 Å². The van der Waals surface area contributed by atoms with Crippen LogP contribution in [-0.4, -0.2) is 32.1 Å². The van der Waals surface area contributed by atoms with Crippen molar-refractivity contribution < 1.29 is 4.79 Å². The number of carbonyl (C=O) groups is 1. The zero-order valence-electron chi connectivity index (χ0n) is 15.6. The van der Waals surface area contributed by atoms with Gasteiger partial charge in [-0.3, -0.25) is 4.79 Å². The van der Waals surface area contributed by atoms with Crippen molar-refractivity contribution in [1.82, 2.24) is 10.6 Å². The van der Waals surface area contributed by atoms with Gasteiger partial charge in [-0.05, 0) is 62.5 Å². The van der Waals surface area contributed by atoms with Crippen molar-refractivity contribution in [1.29, 1.82) is 0 Å². The maximum absolute atomic E-state index is 12.4. The van der Waals surface area contributed by atoms with Crippen molar-refractivity contribution in [2.45, 2.75) is 35.5 Å². The number of benzene rings is 2. The lowest BCUT2D eigenvalue weighted by molar-refractivity contribution is -0.120. The van der Waals surface area contributed by atoms with E-state index in [-0.39, 0.29) is 5.91 Å². The van der Waals surface area contributed by atoms with E-state index in [1.807, 2.05) is 0 Å². The monoisotopic (exact) mass is 381 g/mol. The van der Waals surface area contributed by atoms with Gasteiger partial charge in [0.05, 0.1) is 11.4 Å². The summed E-state index contributed by atoms with van der Waals surface area (Å²) in [6, 6.07) is 16.9. The zero-order chi connectivity index (χ0) is 18.5. The molecular formula is C22H27N3OS. The van der Waals surface area contributed by atoms with Crippen LogP contribution in [-0.2, 0) is 4.79 Å². The fourth-order valence-corrected chi connectivity index (χ4v) is 5.01. The largest absolute Gasteiger partial charge is 0.356 e. The van der Waals surface area contributed by atoms with Crippen molar-refractivity contribution >= 4 is 29.0 Å². The molecule has 1 saturated heterocycles. The first-order valence-corrected chi connectivity index (χ1v) is 10.7. The van der Waals surface area contributed by atoms with Crippen LogP contribution in [0, 0.1) is 5.92 Å². The van der Waals surface area contributed by atoms with Crippen molar-refractivity contribution in [2.24, 2.45) is 5.92 Å². The number of para-hydroxylation sites is 2. The number of nitrogens with one attached hydrogen (secondary N) is 2. The summed E-state index contributed by atoms with van der Waals surface area (Å²) in [5.74, 6) is 0.851. The molecular weight excluding hydrogens is 354 g/mol. The molecule has 0 radical (unpaired) electrons. The van der Waals surface area contributed by atoms with Gasteiger partial charge in [0.25, 0.3) is 0 Å². The highest BCUT2D eigenvalue weighted by Gasteiger charge is 2.23. The molecule has 1 fully saturated rings. The van der Waals surface area contributed by atoms with Crippen LogP contribution in [0.25, 0.3) is 0 Å². The summed E-state index contributed by atoms with van der Waals surface area (Å²) in [6.07, 6.45) is 4.12. The number of piperidine rings is 1. The number of hydrogen-bond donors (Lipinski definition) is 2. The number of nitrogens with zero attached hydrogens (tertiary/aromatic N) is 1. The van der Waals surface area contributed by atoms with E-state index in [0.29, 0.717) is 18.9 Å². The third kappa shape index (κ3) is 4.47. The Labute approximate surface area is 165 Å². The molecule has 2 aliphatic rings. The average Bonchev–Trinajstić information content (AvgIpc) is 2.72. The van der Waals surface area contributed by atoms with E-state index in [4.69, 9.17) is 0 Å². The molecule has 0 aromatic heterocycles. The Morgan fingerprint density at radius 1 is 1.11 bits per heavy atom.